The lowest BCUT2D eigenvalue weighted by atomic mass is 10.5. The summed E-state index contributed by atoms with van der Waals surface area (Å²) in [5.74, 6) is 0.370. The van der Waals surface area contributed by atoms with Gasteiger partial charge in [-0.25, -0.2) is 5.73 Å². The summed E-state index contributed by atoms with van der Waals surface area (Å²) in [7, 11) is 0. The zero-order chi connectivity index (χ0) is 5.98. The SMILES string of the molecule is [NH]Cc1ccc(O)o1. The first-order valence-electron chi connectivity index (χ1n) is 2.25. The monoisotopic (exact) mass is 112 g/mol. The Morgan fingerprint density at radius 2 is 2.38 bits per heavy atom. The fourth-order valence-corrected chi connectivity index (χ4v) is 0.462. The molecule has 0 saturated heterocycles. The number of nitrogens with one attached hydrogen (secondary N) is 1. The summed E-state index contributed by atoms with van der Waals surface area (Å²) in [5.41, 5.74) is 6.75. The Kier molecular flexibility index (Phi) is 1.22. The quantitative estimate of drug-likeness (QED) is 0.583. The van der Waals surface area contributed by atoms with E-state index in [2.05, 4.69) is 4.42 Å². The summed E-state index contributed by atoms with van der Waals surface area (Å²) < 4.78 is 4.60. The second-order valence-corrected chi connectivity index (χ2v) is 1.42. The van der Waals surface area contributed by atoms with Crippen molar-refractivity contribution in [3.63, 3.8) is 0 Å². The van der Waals surface area contributed by atoms with E-state index in [-0.39, 0.29) is 12.5 Å². The predicted molar refractivity (Wildman–Crippen MR) is 27.2 cm³/mol. The number of hydrogen-bond donors (Lipinski definition) is 1. The molecule has 1 aromatic rings. The van der Waals surface area contributed by atoms with Gasteiger partial charge in [0.2, 0.25) is 0 Å². The van der Waals surface area contributed by atoms with Crippen molar-refractivity contribution in [2.45, 2.75) is 6.54 Å². The van der Waals surface area contributed by atoms with E-state index in [0.717, 1.165) is 0 Å². The molecule has 0 atom stereocenters. The van der Waals surface area contributed by atoms with Crippen LogP contribution in [0.1, 0.15) is 5.76 Å². The summed E-state index contributed by atoms with van der Waals surface area (Å²) in [6.45, 7) is 0.0839. The molecule has 0 bridgehead atoms. The van der Waals surface area contributed by atoms with Gasteiger partial charge in [0.05, 0.1) is 6.54 Å². The predicted octanol–water partition coefficient (Wildman–Crippen LogP) is 0.768. The van der Waals surface area contributed by atoms with Crippen LogP contribution in [0.2, 0.25) is 0 Å². The van der Waals surface area contributed by atoms with E-state index in [4.69, 9.17) is 10.8 Å². The van der Waals surface area contributed by atoms with Gasteiger partial charge >= 0.3 is 0 Å². The maximum Gasteiger partial charge on any atom is 0.281 e. The normalized spacial score (nSPS) is 9.62. The highest BCUT2D eigenvalue weighted by Gasteiger charge is 1.94. The number of hydrogen-bond acceptors (Lipinski definition) is 2. The van der Waals surface area contributed by atoms with Gasteiger partial charge in [0.15, 0.2) is 0 Å². The van der Waals surface area contributed by atoms with Crippen LogP contribution in [-0.4, -0.2) is 5.11 Å². The van der Waals surface area contributed by atoms with Gasteiger partial charge in [0.1, 0.15) is 5.76 Å². The lowest BCUT2D eigenvalue weighted by Gasteiger charge is -1.81. The number of aromatic hydroxyl groups is 1. The van der Waals surface area contributed by atoms with Crippen molar-refractivity contribution in [3.8, 4) is 5.95 Å². The van der Waals surface area contributed by atoms with Crippen LogP contribution in [0, 0.1) is 0 Å². The molecule has 0 aliphatic rings. The molecule has 2 N–H and O–H groups in total. The fourth-order valence-electron chi connectivity index (χ4n) is 0.462. The van der Waals surface area contributed by atoms with E-state index < -0.39 is 0 Å². The summed E-state index contributed by atoms with van der Waals surface area (Å²) in [6.07, 6.45) is 0. The maximum atomic E-state index is 8.53. The van der Waals surface area contributed by atoms with E-state index in [0.29, 0.717) is 5.76 Å². The summed E-state index contributed by atoms with van der Waals surface area (Å²) >= 11 is 0. The number of rotatable bonds is 1. The molecule has 0 aromatic carbocycles. The first kappa shape index (κ1) is 5.18. The Morgan fingerprint density at radius 1 is 1.62 bits per heavy atom. The number of furan rings is 1. The highest BCUT2D eigenvalue weighted by atomic mass is 16.5. The van der Waals surface area contributed by atoms with E-state index in [1.54, 1.807) is 6.07 Å². The van der Waals surface area contributed by atoms with Gasteiger partial charge in [0.25, 0.3) is 5.95 Å². The molecule has 0 amide bonds. The third kappa shape index (κ3) is 0.816. The van der Waals surface area contributed by atoms with Gasteiger partial charge in [-0.15, -0.1) is 0 Å². The summed E-state index contributed by atoms with van der Waals surface area (Å²) in [5, 5.41) is 8.53. The Hall–Kier alpha value is -0.960. The molecule has 1 aromatic heterocycles. The molecular formula is C5H6NO2. The molecule has 0 unspecified atom stereocenters. The topological polar surface area (TPSA) is 57.2 Å². The highest BCUT2D eigenvalue weighted by molar-refractivity contribution is 5.09. The van der Waals surface area contributed by atoms with Crippen molar-refractivity contribution < 1.29 is 9.52 Å². The van der Waals surface area contributed by atoms with Crippen molar-refractivity contribution in [1.29, 1.82) is 0 Å². The Labute approximate surface area is 46.7 Å². The van der Waals surface area contributed by atoms with Gasteiger partial charge < -0.3 is 9.52 Å². The molecule has 0 spiro atoms. The molecule has 0 aliphatic carbocycles. The first-order valence-corrected chi connectivity index (χ1v) is 2.25. The molecule has 8 heavy (non-hydrogen) atoms. The minimum Gasteiger partial charge on any atom is -0.481 e. The van der Waals surface area contributed by atoms with Crippen LogP contribution in [0.15, 0.2) is 16.5 Å². The minimum absolute atomic E-state index is 0.0839. The van der Waals surface area contributed by atoms with Crippen molar-refractivity contribution >= 4 is 0 Å². The van der Waals surface area contributed by atoms with Crippen molar-refractivity contribution in [2.75, 3.05) is 0 Å². The Bertz CT molecular complexity index is 171. The van der Waals surface area contributed by atoms with Crippen LogP contribution in [0.4, 0.5) is 0 Å². The molecule has 1 rings (SSSR count). The second-order valence-electron chi connectivity index (χ2n) is 1.42. The zero-order valence-electron chi connectivity index (χ0n) is 4.22. The van der Waals surface area contributed by atoms with Crippen LogP contribution >= 0.6 is 0 Å². The first-order chi connectivity index (χ1) is 3.83. The third-order valence-electron chi connectivity index (χ3n) is 0.822. The summed E-state index contributed by atoms with van der Waals surface area (Å²) in [4.78, 5) is 0. The van der Waals surface area contributed by atoms with Gasteiger partial charge in [-0.3, -0.25) is 0 Å². The fraction of sp³-hybridized carbons (Fsp3) is 0.200. The van der Waals surface area contributed by atoms with Gasteiger partial charge in [-0.05, 0) is 6.07 Å². The van der Waals surface area contributed by atoms with Crippen LogP contribution in [-0.2, 0) is 6.54 Å². The van der Waals surface area contributed by atoms with Gasteiger partial charge in [-0.1, -0.05) is 0 Å². The van der Waals surface area contributed by atoms with E-state index in [1.807, 2.05) is 0 Å². The van der Waals surface area contributed by atoms with Crippen LogP contribution in [0.3, 0.4) is 0 Å². The standard InChI is InChI=1S/C5H6NO2/c6-3-4-1-2-5(7)8-4/h1-2,6-7H,3H2. The summed E-state index contributed by atoms with van der Waals surface area (Å²) in [6, 6.07) is 2.99. The van der Waals surface area contributed by atoms with Crippen molar-refractivity contribution in [3.05, 3.63) is 17.9 Å². The molecule has 3 heteroatoms. The van der Waals surface area contributed by atoms with E-state index in [9.17, 15) is 0 Å². The molecule has 43 valence electrons. The largest absolute Gasteiger partial charge is 0.481 e. The van der Waals surface area contributed by atoms with Crippen molar-refractivity contribution in [2.24, 2.45) is 0 Å². The molecule has 0 saturated carbocycles. The lowest BCUT2D eigenvalue weighted by molar-refractivity contribution is 0.319. The maximum absolute atomic E-state index is 8.53. The van der Waals surface area contributed by atoms with Crippen LogP contribution in [0.25, 0.3) is 0 Å². The average Bonchev–Trinajstić information content (AvgIpc) is 2.14. The molecule has 0 aliphatic heterocycles. The van der Waals surface area contributed by atoms with Gasteiger partial charge in [0, 0.05) is 6.07 Å². The van der Waals surface area contributed by atoms with E-state index >= 15 is 0 Å². The molecule has 3 nitrogen and oxygen atoms in total. The smallest absolute Gasteiger partial charge is 0.281 e. The zero-order valence-corrected chi connectivity index (χ0v) is 4.22. The lowest BCUT2D eigenvalue weighted by Crippen LogP contribution is -1.76. The van der Waals surface area contributed by atoms with Crippen LogP contribution in [0.5, 0.6) is 5.95 Å². The molecular weight excluding hydrogens is 106 g/mol. The molecule has 0 fully saturated rings. The van der Waals surface area contributed by atoms with Crippen LogP contribution < -0.4 is 5.73 Å². The highest BCUT2D eigenvalue weighted by Crippen LogP contribution is 2.12. The minimum atomic E-state index is -0.118. The van der Waals surface area contributed by atoms with Crippen molar-refractivity contribution in [1.82, 2.24) is 5.73 Å². The molecule has 1 heterocycles. The average molecular weight is 112 g/mol. The third-order valence-corrected chi connectivity index (χ3v) is 0.822. The second kappa shape index (κ2) is 1.88. The van der Waals surface area contributed by atoms with Gasteiger partial charge in [-0.2, -0.15) is 0 Å². The Morgan fingerprint density at radius 3 is 2.62 bits per heavy atom. The Balaban J connectivity index is 2.84. The van der Waals surface area contributed by atoms with E-state index in [1.165, 1.54) is 6.07 Å². The molecule has 1 radical (unpaired) electrons.